The van der Waals surface area contributed by atoms with E-state index in [0.29, 0.717) is 18.6 Å². The van der Waals surface area contributed by atoms with Gasteiger partial charge >= 0.3 is 0 Å². The maximum Gasteiger partial charge on any atom is 0.0471 e. The second-order valence-corrected chi connectivity index (χ2v) is 6.25. The van der Waals surface area contributed by atoms with Gasteiger partial charge < -0.3 is 5.73 Å². The first-order valence-electron chi connectivity index (χ1n) is 8.36. The molecule has 2 unspecified atom stereocenters. The summed E-state index contributed by atoms with van der Waals surface area (Å²) in [5.74, 6) is 0. The van der Waals surface area contributed by atoms with Crippen LogP contribution in [0.15, 0.2) is 18.2 Å². The molecule has 2 rings (SSSR count). The molecule has 1 fully saturated rings. The van der Waals surface area contributed by atoms with E-state index >= 15 is 0 Å². The molecule has 0 saturated carbocycles. The Morgan fingerprint density at radius 3 is 2.52 bits per heavy atom. The number of aryl methyl sites for hydroxylation is 2. The first-order chi connectivity index (χ1) is 10.1. The lowest BCUT2D eigenvalue weighted by atomic mass is 10.00. The van der Waals surface area contributed by atoms with Gasteiger partial charge in [0.2, 0.25) is 0 Å². The molecule has 0 bridgehead atoms. The summed E-state index contributed by atoms with van der Waals surface area (Å²) in [6.07, 6.45) is 1.27. The molecular formula is C18H31N3. The molecule has 0 amide bonds. The van der Waals surface area contributed by atoms with Crippen LogP contribution in [-0.4, -0.2) is 48.6 Å². The second-order valence-electron chi connectivity index (χ2n) is 6.25. The first kappa shape index (κ1) is 16.5. The van der Waals surface area contributed by atoms with Crippen molar-refractivity contribution in [3.05, 3.63) is 34.9 Å². The molecule has 2 atom stereocenters. The molecule has 2 N–H and O–H groups in total. The Kier molecular flexibility index (Phi) is 5.80. The van der Waals surface area contributed by atoms with E-state index in [1.807, 2.05) is 0 Å². The molecule has 0 aromatic heterocycles. The largest absolute Gasteiger partial charge is 0.329 e. The lowest BCUT2D eigenvalue weighted by Gasteiger charge is -2.30. The topological polar surface area (TPSA) is 32.5 Å². The Hall–Kier alpha value is -0.900. The molecule has 1 aliphatic heterocycles. The van der Waals surface area contributed by atoms with E-state index in [2.05, 4.69) is 55.7 Å². The molecule has 1 heterocycles. The standard InChI is InChI=1S/C18H31N3/c1-5-20(6-2)17-9-10-21(13-17)18(12-19)16-8-7-14(3)15(4)11-16/h7-8,11,17-18H,5-6,9-10,12-13,19H2,1-4H3. The van der Waals surface area contributed by atoms with Crippen LogP contribution in [0, 0.1) is 13.8 Å². The molecule has 1 aromatic carbocycles. The van der Waals surface area contributed by atoms with E-state index in [0.717, 1.165) is 26.2 Å². The molecular weight excluding hydrogens is 258 g/mol. The lowest BCUT2D eigenvalue weighted by molar-refractivity contribution is 0.189. The SMILES string of the molecule is CCN(CC)C1CCN(C(CN)c2ccc(C)c(C)c2)C1. The highest BCUT2D eigenvalue weighted by molar-refractivity contribution is 5.32. The average Bonchev–Trinajstić information content (AvgIpc) is 2.94. The van der Waals surface area contributed by atoms with Gasteiger partial charge in [0.25, 0.3) is 0 Å². The number of nitrogens with zero attached hydrogens (tertiary/aromatic N) is 2. The molecule has 1 saturated heterocycles. The third-order valence-corrected chi connectivity index (χ3v) is 5.10. The number of benzene rings is 1. The molecule has 3 heteroatoms. The van der Waals surface area contributed by atoms with Gasteiger partial charge in [-0.25, -0.2) is 0 Å². The summed E-state index contributed by atoms with van der Waals surface area (Å²) in [6.45, 7) is 14.2. The fourth-order valence-corrected chi connectivity index (χ4v) is 3.56. The summed E-state index contributed by atoms with van der Waals surface area (Å²) in [4.78, 5) is 5.15. The van der Waals surface area contributed by atoms with Gasteiger partial charge in [0.1, 0.15) is 0 Å². The van der Waals surface area contributed by atoms with Crippen molar-refractivity contribution in [2.24, 2.45) is 5.73 Å². The predicted octanol–water partition coefficient (Wildman–Crippen LogP) is 2.72. The van der Waals surface area contributed by atoms with Crippen LogP contribution in [0.5, 0.6) is 0 Å². The van der Waals surface area contributed by atoms with Gasteiger partial charge in [0.15, 0.2) is 0 Å². The van der Waals surface area contributed by atoms with Crippen molar-refractivity contribution >= 4 is 0 Å². The Balaban J connectivity index is 2.10. The van der Waals surface area contributed by atoms with Crippen molar-refractivity contribution < 1.29 is 0 Å². The van der Waals surface area contributed by atoms with Crippen molar-refractivity contribution in [1.29, 1.82) is 0 Å². The van der Waals surface area contributed by atoms with E-state index < -0.39 is 0 Å². The van der Waals surface area contributed by atoms with Crippen molar-refractivity contribution in [3.8, 4) is 0 Å². The van der Waals surface area contributed by atoms with Gasteiger partial charge in [-0.1, -0.05) is 32.0 Å². The van der Waals surface area contributed by atoms with E-state index in [1.54, 1.807) is 0 Å². The average molecular weight is 289 g/mol. The number of likely N-dealkylation sites (tertiary alicyclic amines) is 1. The number of hydrogen-bond acceptors (Lipinski definition) is 3. The third kappa shape index (κ3) is 3.65. The van der Waals surface area contributed by atoms with Crippen LogP contribution in [0.1, 0.15) is 43.0 Å². The number of likely N-dealkylation sites (N-methyl/N-ethyl adjacent to an activating group) is 1. The molecule has 1 aromatic rings. The molecule has 0 radical (unpaired) electrons. The fourth-order valence-electron chi connectivity index (χ4n) is 3.56. The highest BCUT2D eigenvalue weighted by atomic mass is 15.3. The van der Waals surface area contributed by atoms with Crippen LogP contribution in [0.2, 0.25) is 0 Å². The Morgan fingerprint density at radius 2 is 1.95 bits per heavy atom. The van der Waals surface area contributed by atoms with Crippen LogP contribution in [0.3, 0.4) is 0 Å². The zero-order chi connectivity index (χ0) is 15.4. The number of rotatable bonds is 6. The normalized spacial score (nSPS) is 21.1. The molecule has 0 aliphatic carbocycles. The van der Waals surface area contributed by atoms with Gasteiger partial charge in [0, 0.05) is 31.7 Å². The summed E-state index contributed by atoms with van der Waals surface area (Å²) in [6, 6.07) is 7.86. The molecule has 0 spiro atoms. The van der Waals surface area contributed by atoms with Gasteiger partial charge in [0.05, 0.1) is 0 Å². The van der Waals surface area contributed by atoms with Crippen molar-refractivity contribution in [2.45, 2.75) is 46.2 Å². The monoisotopic (exact) mass is 289 g/mol. The molecule has 118 valence electrons. The highest BCUT2D eigenvalue weighted by Gasteiger charge is 2.30. The highest BCUT2D eigenvalue weighted by Crippen LogP contribution is 2.27. The van der Waals surface area contributed by atoms with Crippen molar-refractivity contribution in [1.82, 2.24) is 9.80 Å². The van der Waals surface area contributed by atoms with Gasteiger partial charge in [-0.15, -0.1) is 0 Å². The lowest BCUT2D eigenvalue weighted by Crippen LogP contribution is -2.39. The van der Waals surface area contributed by atoms with Crippen molar-refractivity contribution in [2.75, 3.05) is 32.7 Å². The van der Waals surface area contributed by atoms with Crippen LogP contribution in [0.4, 0.5) is 0 Å². The summed E-state index contributed by atoms with van der Waals surface area (Å²) in [5, 5.41) is 0. The van der Waals surface area contributed by atoms with E-state index in [4.69, 9.17) is 5.73 Å². The Labute approximate surface area is 130 Å². The summed E-state index contributed by atoms with van der Waals surface area (Å²) < 4.78 is 0. The zero-order valence-electron chi connectivity index (χ0n) is 14.1. The van der Waals surface area contributed by atoms with E-state index in [1.165, 1.54) is 23.1 Å². The number of nitrogens with two attached hydrogens (primary N) is 1. The second kappa shape index (κ2) is 7.39. The predicted molar refractivity (Wildman–Crippen MR) is 90.6 cm³/mol. The first-order valence-corrected chi connectivity index (χ1v) is 8.36. The molecule has 1 aliphatic rings. The van der Waals surface area contributed by atoms with Crippen LogP contribution in [-0.2, 0) is 0 Å². The maximum atomic E-state index is 6.10. The smallest absolute Gasteiger partial charge is 0.0471 e. The third-order valence-electron chi connectivity index (χ3n) is 5.10. The minimum atomic E-state index is 0.366. The quantitative estimate of drug-likeness (QED) is 0.874. The Morgan fingerprint density at radius 1 is 1.24 bits per heavy atom. The van der Waals surface area contributed by atoms with Crippen LogP contribution in [0.25, 0.3) is 0 Å². The fraction of sp³-hybridized carbons (Fsp3) is 0.667. The van der Waals surface area contributed by atoms with Crippen LogP contribution < -0.4 is 5.73 Å². The molecule has 21 heavy (non-hydrogen) atoms. The van der Waals surface area contributed by atoms with Gasteiger partial charge in [-0.2, -0.15) is 0 Å². The summed E-state index contributed by atoms with van der Waals surface area (Å²) >= 11 is 0. The van der Waals surface area contributed by atoms with Gasteiger partial charge in [-0.3, -0.25) is 9.80 Å². The van der Waals surface area contributed by atoms with E-state index in [-0.39, 0.29) is 0 Å². The molecule has 3 nitrogen and oxygen atoms in total. The number of hydrogen-bond donors (Lipinski definition) is 1. The zero-order valence-corrected chi connectivity index (χ0v) is 14.1. The summed E-state index contributed by atoms with van der Waals surface area (Å²) in [7, 11) is 0. The minimum Gasteiger partial charge on any atom is -0.329 e. The van der Waals surface area contributed by atoms with Crippen LogP contribution >= 0.6 is 0 Å². The minimum absolute atomic E-state index is 0.366. The summed E-state index contributed by atoms with van der Waals surface area (Å²) in [5.41, 5.74) is 10.2. The van der Waals surface area contributed by atoms with Crippen molar-refractivity contribution in [3.63, 3.8) is 0 Å². The van der Waals surface area contributed by atoms with Gasteiger partial charge in [-0.05, 0) is 50.0 Å². The maximum absolute atomic E-state index is 6.10. The van der Waals surface area contributed by atoms with E-state index in [9.17, 15) is 0 Å². The Bertz CT molecular complexity index is 454.